The molecule has 4 rings (SSSR count). The third-order valence-electron chi connectivity index (χ3n) is 6.71. The van der Waals surface area contributed by atoms with Gasteiger partial charge in [0.15, 0.2) is 6.61 Å². The predicted octanol–water partition coefficient (Wildman–Crippen LogP) is 5.06. The summed E-state index contributed by atoms with van der Waals surface area (Å²) in [6.45, 7) is -0.0103. The van der Waals surface area contributed by atoms with Gasteiger partial charge < -0.3 is 20.1 Å². The summed E-state index contributed by atoms with van der Waals surface area (Å²) in [5, 5.41) is 15.2. The highest BCUT2D eigenvalue weighted by Crippen LogP contribution is 2.26. The highest BCUT2D eigenvalue weighted by molar-refractivity contribution is 5.84. The molecule has 2 N–H and O–H groups in total. The fourth-order valence-corrected chi connectivity index (χ4v) is 4.59. The van der Waals surface area contributed by atoms with Crippen molar-refractivity contribution in [2.75, 3.05) is 26.2 Å². The highest BCUT2D eigenvalue weighted by atomic mass is 19.4. The van der Waals surface area contributed by atoms with Crippen molar-refractivity contribution >= 4 is 16.7 Å². The summed E-state index contributed by atoms with van der Waals surface area (Å²) in [7, 11) is 0. The molecule has 1 fully saturated rings. The SMILES string of the molecule is O=C(N[C@H](CN1CCCC1)[C@@H](O)c1ccc(OCC(F)(F)F)nc1)C(F)(F)CCc1ccc2ccccc2c1. The normalized spacial score (nSPS) is 16.3. The third-order valence-corrected chi connectivity index (χ3v) is 6.71. The number of aliphatic hydroxyl groups excluding tert-OH is 1. The first-order valence-corrected chi connectivity index (χ1v) is 12.7. The standard InChI is InChI=1S/C28H30F5N3O3/c29-27(30,12-11-19-7-8-20-5-1-2-6-21(20)15-19)26(38)35-23(17-36-13-3-4-14-36)25(37)22-9-10-24(34-16-22)39-18-28(31,32)33/h1-2,5-10,15-16,23,25,37H,3-4,11-14,17-18H2,(H,35,38)/t23-,25+/m1/s1. The zero-order valence-electron chi connectivity index (χ0n) is 21.1. The van der Waals surface area contributed by atoms with Gasteiger partial charge in [0.25, 0.3) is 5.91 Å². The molecule has 210 valence electrons. The summed E-state index contributed by atoms with van der Waals surface area (Å²) in [6.07, 6.45) is -3.77. The van der Waals surface area contributed by atoms with Crippen LogP contribution < -0.4 is 10.1 Å². The van der Waals surface area contributed by atoms with Gasteiger partial charge in [0.2, 0.25) is 5.88 Å². The van der Waals surface area contributed by atoms with Gasteiger partial charge in [-0.2, -0.15) is 22.0 Å². The molecular weight excluding hydrogens is 521 g/mol. The quantitative estimate of drug-likeness (QED) is 0.326. The lowest BCUT2D eigenvalue weighted by atomic mass is 10.0. The number of aliphatic hydroxyl groups is 1. The van der Waals surface area contributed by atoms with Crippen LogP contribution in [0.3, 0.4) is 0 Å². The number of amides is 1. The van der Waals surface area contributed by atoms with E-state index >= 15 is 0 Å². The summed E-state index contributed by atoms with van der Waals surface area (Å²) in [5.74, 6) is -5.49. The maximum atomic E-state index is 15.0. The highest BCUT2D eigenvalue weighted by Gasteiger charge is 2.40. The molecule has 11 heteroatoms. The van der Waals surface area contributed by atoms with Crippen LogP contribution >= 0.6 is 0 Å². The molecule has 2 heterocycles. The van der Waals surface area contributed by atoms with Crippen molar-refractivity contribution in [3.05, 3.63) is 71.9 Å². The van der Waals surface area contributed by atoms with E-state index < -0.39 is 43.2 Å². The minimum atomic E-state index is -4.54. The van der Waals surface area contributed by atoms with Gasteiger partial charge in [-0.25, -0.2) is 4.98 Å². The molecule has 0 aliphatic carbocycles. The number of nitrogens with one attached hydrogen (secondary N) is 1. The number of hydrogen-bond acceptors (Lipinski definition) is 5. The monoisotopic (exact) mass is 551 g/mol. The molecule has 0 spiro atoms. The number of carbonyl (C=O) groups is 1. The number of ether oxygens (including phenoxy) is 1. The largest absolute Gasteiger partial charge is 0.468 e. The van der Waals surface area contributed by atoms with Crippen LogP contribution in [0.1, 0.15) is 36.5 Å². The minimum absolute atomic E-state index is 0.0199. The number of nitrogens with zero attached hydrogens (tertiary/aromatic N) is 2. The number of halogens is 5. The number of likely N-dealkylation sites (tertiary alicyclic amines) is 1. The van der Waals surface area contributed by atoms with Crippen LogP contribution in [0.4, 0.5) is 22.0 Å². The number of pyridine rings is 1. The van der Waals surface area contributed by atoms with Crippen LogP contribution in [0.5, 0.6) is 5.88 Å². The van der Waals surface area contributed by atoms with Gasteiger partial charge in [0, 0.05) is 30.8 Å². The molecule has 6 nitrogen and oxygen atoms in total. The molecule has 1 aliphatic heterocycles. The van der Waals surface area contributed by atoms with Crippen LogP contribution in [0.25, 0.3) is 10.8 Å². The summed E-state index contributed by atoms with van der Waals surface area (Å²) in [6, 6.07) is 14.3. The van der Waals surface area contributed by atoms with E-state index in [0.717, 1.165) is 35.9 Å². The zero-order chi connectivity index (χ0) is 28.0. The van der Waals surface area contributed by atoms with Crippen LogP contribution in [-0.4, -0.2) is 65.3 Å². The summed E-state index contributed by atoms with van der Waals surface area (Å²) in [5.41, 5.74) is 0.826. The van der Waals surface area contributed by atoms with E-state index in [2.05, 4.69) is 15.0 Å². The van der Waals surface area contributed by atoms with Gasteiger partial charge in [-0.3, -0.25) is 4.79 Å². The van der Waals surface area contributed by atoms with E-state index in [4.69, 9.17) is 0 Å². The van der Waals surface area contributed by atoms with Crippen molar-refractivity contribution in [2.24, 2.45) is 0 Å². The lowest BCUT2D eigenvalue weighted by Gasteiger charge is -2.30. The number of hydrogen-bond donors (Lipinski definition) is 2. The Balaban J connectivity index is 1.42. The fourth-order valence-electron chi connectivity index (χ4n) is 4.59. The summed E-state index contributed by atoms with van der Waals surface area (Å²) < 4.78 is 71.6. The summed E-state index contributed by atoms with van der Waals surface area (Å²) in [4.78, 5) is 18.4. The second kappa shape index (κ2) is 12.3. The lowest BCUT2D eigenvalue weighted by molar-refractivity contribution is -0.154. The van der Waals surface area contributed by atoms with E-state index in [1.165, 1.54) is 6.07 Å². The first-order chi connectivity index (χ1) is 18.5. The Hall–Kier alpha value is -3.31. The van der Waals surface area contributed by atoms with E-state index in [0.29, 0.717) is 18.7 Å². The molecule has 1 amide bonds. The van der Waals surface area contributed by atoms with Crippen molar-refractivity contribution in [1.82, 2.24) is 15.2 Å². The van der Waals surface area contributed by atoms with Crippen molar-refractivity contribution in [3.63, 3.8) is 0 Å². The molecule has 2 atom stereocenters. The van der Waals surface area contributed by atoms with E-state index in [-0.39, 0.29) is 24.4 Å². The predicted molar refractivity (Wildman–Crippen MR) is 136 cm³/mol. The van der Waals surface area contributed by atoms with Gasteiger partial charge in [-0.15, -0.1) is 0 Å². The molecule has 39 heavy (non-hydrogen) atoms. The lowest BCUT2D eigenvalue weighted by Crippen LogP contribution is -2.51. The second-order valence-corrected chi connectivity index (χ2v) is 9.75. The Bertz CT molecular complexity index is 1250. The van der Waals surface area contributed by atoms with E-state index in [9.17, 15) is 31.9 Å². The number of fused-ring (bicyclic) bond motifs is 1. The molecular formula is C28H30F5N3O3. The van der Waals surface area contributed by atoms with Gasteiger partial charge in [-0.05, 0) is 54.8 Å². The molecule has 0 unspecified atom stereocenters. The Morgan fingerprint density at radius 3 is 2.41 bits per heavy atom. The number of benzene rings is 2. The number of carbonyl (C=O) groups excluding carboxylic acids is 1. The summed E-state index contributed by atoms with van der Waals surface area (Å²) >= 11 is 0. The van der Waals surface area contributed by atoms with E-state index in [1.54, 1.807) is 6.07 Å². The number of alkyl halides is 5. The van der Waals surface area contributed by atoms with Crippen molar-refractivity contribution in [2.45, 2.75) is 49.9 Å². The smallest absolute Gasteiger partial charge is 0.422 e. The maximum Gasteiger partial charge on any atom is 0.422 e. The van der Waals surface area contributed by atoms with Crippen LogP contribution in [-0.2, 0) is 11.2 Å². The van der Waals surface area contributed by atoms with Crippen LogP contribution in [0.15, 0.2) is 60.8 Å². The minimum Gasteiger partial charge on any atom is -0.468 e. The van der Waals surface area contributed by atoms with Gasteiger partial charge >= 0.3 is 12.1 Å². The van der Waals surface area contributed by atoms with Crippen molar-refractivity contribution in [3.8, 4) is 5.88 Å². The Kier molecular flexibility index (Phi) is 9.01. The average molecular weight is 552 g/mol. The van der Waals surface area contributed by atoms with Gasteiger partial charge in [0.1, 0.15) is 6.10 Å². The van der Waals surface area contributed by atoms with Crippen molar-refractivity contribution < 1.29 is 36.6 Å². The van der Waals surface area contributed by atoms with Crippen molar-refractivity contribution in [1.29, 1.82) is 0 Å². The van der Waals surface area contributed by atoms with Gasteiger partial charge in [-0.1, -0.05) is 42.5 Å². The molecule has 0 saturated carbocycles. The van der Waals surface area contributed by atoms with Crippen LogP contribution in [0, 0.1) is 0 Å². The first kappa shape index (κ1) is 28.7. The number of rotatable bonds is 11. The molecule has 0 bridgehead atoms. The average Bonchev–Trinajstić information content (AvgIpc) is 3.43. The molecule has 1 saturated heterocycles. The second-order valence-electron chi connectivity index (χ2n) is 9.75. The zero-order valence-corrected chi connectivity index (χ0v) is 21.1. The molecule has 1 aliphatic rings. The Morgan fingerprint density at radius 1 is 1.03 bits per heavy atom. The van der Waals surface area contributed by atoms with Crippen LogP contribution in [0.2, 0.25) is 0 Å². The molecule has 0 radical (unpaired) electrons. The molecule has 2 aromatic carbocycles. The number of aryl methyl sites for hydroxylation is 1. The molecule has 1 aromatic heterocycles. The van der Waals surface area contributed by atoms with E-state index in [1.807, 2.05) is 41.3 Å². The maximum absolute atomic E-state index is 15.0. The Labute approximate surface area is 222 Å². The number of aromatic nitrogens is 1. The van der Waals surface area contributed by atoms with Gasteiger partial charge in [0.05, 0.1) is 6.04 Å². The topological polar surface area (TPSA) is 74.7 Å². The fraction of sp³-hybridized carbons (Fsp3) is 0.429. The molecule has 3 aromatic rings. The Morgan fingerprint density at radius 2 is 1.74 bits per heavy atom. The third kappa shape index (κ3) is 8.09. The first-order valence-electron chi connectivity index (χ1n) is 12.7.